The molecule has 1 aliphatic heterocycles. The summed E-state index contributed by atoms with van der Waals surface area (Å²) in [5, 5.41) is 5.13. The molecule has 1 aliphatic rings. The molecule has 0 radical (unpaired) electrons. The van der Waals surface area contributed by atoms with Gasteiger partial charge in [-0.15, -0.1) is 0 Å². The van der Waals surface area contributed by atoms with E-state index in [2.05, 4.69) is 24.3 Å². The van der Waals surface area contributed by atoms with Crippen molar-refractivity contribution in [3.05, 3.63) is 71.8 Å². The van der Waals surface area contributed by atoms with E-state index in [1.54, 1.807) is 4.90 Å². The molecule has 5 nitrogen and oxygen atoms in total. The van der Waals surface area contributed by atoms with Crippen molar-refractivity contribution in [2.75, 3.05) is 18.8 Å². The maximum absolute atomic E-state index is 12.4. The minimum atomic E-state index is -3.57. The highest BCUT2D eigenvalue weighted by Crippen LogP contribution is 2.28. The van der Waals surface area contributed by atoms with Gasteiger partial charge in [0.25, 0.3) is 0 Å². The van der Waals surface area contributed by atoms with E-state index in [-0.39, 0.29) is 29.9 Å². The Morgan fingerprint density at radius 3 is 2.00 bits per heavy atom. The number of likely N-dealkylation sites (tertiary alicyclic amines) is 1. The molecule has 0 aliphatic carbocycles. The largest absolute Gasteiger partial charge is 0.341 e. The van der Waals surface area contributed by atoms with Gasteiger partial charge in [-0.2, -0.15) is 0 Å². The lowest BCUT2D eigenvalue weighted by atomic mass is 9.91. The summed E-state index contributed by atoms with van der Waals surface area (Å²) >= 11 is 0. The first kappa shape index (κ1) is 17.6. The second-order valence-corrected chi connectivity index (χ2v) is 8.23. The average molecular weight is 358 g/mol. The molecule has 3 rings (SSSR count). The monoisotopic (exact) mass is 358 g/mol. The lowest BCUT2D eigenvalue weighted by Gasteiger charge is -2.25. The summed E-state index contributed by atoms with van der Waals surface area (Å²) in [6.45, 7) is 0.972. The molecule has 25 heavy (non-hydrogen) atoms. The van der Waals surface area contributed by atoms with Gasteiger partial charge in [0.05, 0.1) is 5.75 Å². The summed E-state index contributed by atoms with van der Waals surface area (Å²) < 4.78 is 22.6. The highest BCUT2D eigenvalue weighted by Gasteiger charge is 2.33. The number of benzene rings is 2. The third-order valence-electron chi connectivity index (χ3n) is 4.57. The highest BCUT2D eigenvalue weighted by molar-refractivity contribution is 7.89. The third-order valence-corrected chi connectivity index (χ3v) is 5.51. The molecule has 0 aromatic heterocycles. The zero-order chi connectivity index (χ0) is 17.9. The van der Waals surface area contributed by atoms with Gasteiger partial charge in [-0.25, -0.2) is 13.6 Å². The van der Waals surface area contributed by atoms with E-state index in [0.29, 0.717) is 13.1 Å². The molecule has 132 valence electrons. The first-order chi connectivity index (χ1) is 11.9. The quantitative estimate of drug-likeness (QED) is 0.857. The van der Waals surface area contributed by atoms with Crippen LogP contribution in [0.25, 0.3) is 0 Å². The Kier molecular flexibility index (Phi) is 5.20. The molecule has 2 N–H and O–H groups in total. The fourth-order valence-electron chi connectivity index (χ4n) is 3.46. The van der Waals surface area contributed by atoms with E-state index in [1.165, 1.54) is 0 Å². The van der Waals surface area contributed by atoms with E-state index in [4.69, 9.17) is 5.14 Å². The van der Waals surface area contributed by atoms with Gasteiger partial charge in [0, 0.05) is 31.3 Å². The maximum atomic E-state index is 12.4. The molecule has 2 aromatic rings. The summed E-state index contributed by atoms with van der Waals surface area (Å²) in [7, 11) is -3.57. The average Bonchev–Trinajstić information content (AvgIpc) is 2.91. The number of hydrogen-bond donors (Lipinski definition) is 1. The zero-order valence-electron chi connectivity index (χ0n) is 13.9. The predicted molar refractivity (Wildman–Crippen MR) is 97.4 cm³/mol. The van der Waals surface area contributed by atoms with Crippen LogP contribution < -0.4 is 5.14 Å². The van der Waals surface area contributed by atoms with E-state index in [9.17, 15) is 13.2 Å². The molecule has 0 saturated carbocycles. The Bertz CT molecular complexity index is 783. The first-order valence-corrected chi connectivity index (χ1v) is 10.0. The van der Waals surface area contributed by atoms with Gasteiger partial charge in [-0.1, -0.05) is 60.7 Å². The number of carbonyl (C=O) groups is 1. The highest BCUT2D eigenvalue weighted by atomic mass is 32.2. The molecule has 1 amide bonds. The van der Waals surface area contributed by atoms with Gasteiger partial charge >= 0.3 is 0 Å². The summed E-state index contributed by atoms with van der Waals surface area (Å²) in [6, 6.07) is 20.1. The number of rotatable bonds is 6. The van der Waals surface area contributed by atoms with Crippen molar-refractivity contribution >= 4 is 15.9 Å². The van der Waals surface area contributed by atoms with Gasteiger partial charge in [-0.05, 0) is 11.1 Å². The van der Waals surface area contributed by atoms with Gasteiger partial charge in [-0.3, -0.25) is 4.79 Å². The van der Waals surface area contributed by atoms with Crippen LogP contribution in [-0.2, 0) is 14.8 Å². The molecule has 1 atom stereocenters. The Labute approximate surface area is 148 Å². The molecule has 1 unspecified atom stereocenters. The standard InChI is InChI=1S/C19H22N2O3S/c20-25(23,24)14-15-11-19(22)21(12-15)13-18(16-7-3-1-4-8-16)17-9-5-2-6-10-17/h1-10,15,18H,11-14H2,(H2,20,23,24). The van der Waals surface area contributed by atoms with E-state index >= 15 is 0 Å². The minimum Gasteiger partial charge on any atom is -0.341 e. The molecule has 6 heteroatoms. The van der Waals surface area contributed by atoms with Gasteiger partial charge in [0.2, 0.25) is 15.9 Å². The summed E-state index contributed by atoms with van der Waals surface area (Å²) in [5.41, 5.74) is 2.27. The zero-order valence-corrected chi connectivity index (χ0v) is 14.7. The van der Waals surface area contributed by atoms with E-state index in [0.717, 1.165) is 11.1 Å². The topological polar surface area (TPSA) is 80.5 Å². The first-order valence-electron chi connectivity index (χ1n) is 8.30. The van der Waals surface area contributed by atoms with Crippen LogP contribution in [0, 0.1) is 5.92 Å². The number of hydrogen-bond acceptors (Lipinski definition) is 3. The van der Waals surface area contributed by atoms with Crippen LogP contribution in [0.1, 0.15) is 23.5 Å². The van der Waals surface area contributed by atoms with Crippen LogP contribution in [-0.4, -0.2) is 38.1 Å². The van der Waals surface area contributed by atoms with E-state index < -0.39 is 10.0 Å². The molecule has 1 saturated heterocycles. The van der Waals surface area contributed by atoms with Crippen LogP contribution in [0.2, 0.25) is 0 Å². The van der Waals surface area contributed by atoms with Crippen molar-refractivity contribution in [2.45, 2.75) is 12.3 Å². The van der Waals surface area contributed by atoms with Gasteiger partial charge in [0.1, 0.15) is 0 Å². The number of primary sulfonamides is 1. The Hall–Kier alpha value is -2.18. The number of carbonyl (C=O) groups excluding carboxylic acids is 1. The minimum absolute atomic E-state index is 0.00878. The normalized spacial score (nSPS) is 18.1. The molecule has 0 bridgehead atoms. The molecule has 1 heterocycles. The third kappa shape index (κ3) is 4.67. The maximum Gasteiger partial charge on any atom is 0.222 e. The number of sulfonamides is 1. The van der Waals surface area contributed by atoms with Crippen LogP contribution >= 0.6 is 0 Å². The van der Waals surface area contributed by atoms with E-state index in [1.807, 2.05) is 36.4 Å². The molecule has 1 fully saturated rings. The lowest BCUT2D eigenvalue weighted by molar-refractivity contribution is -0.127. The Balaban J connectivity index is 1.80. The summed E-state index contributed by atoms with van der Waals surface area (Å²) in [6.07, 6.45) is 0.243. The number of amides is 1. The van der Waals surface area contributed by atoms with Crippen molar-refractivity contribution in [1.29, 1.82) is 0 Å². The number of nitrogens with zero attached hydrogens (tertiary/aromatic N) is 1. The van der Waals surface area contributed by atoms with Crippen molar-refractivity contribution in [3.63, 3.8) is 0 Å². The smallest absolute Gasteiger partial charge is 0.222 e. The van der Waals surface area contributed by atoms with Crippen LogP contribution in [0.5, 0.6) is 0 Å². The fourth-order valence-corrected chi connectivity index (χ4v) is 4.35. The fraction of sp³-hybridized carbons (Fsp3) is 0.316. The molecule has 0 spiro atoms. The molecular weight excluding hydrogens is 336 g/mol. The van der Waals surface area contributed by atoms with Crippen LogP contribution in [0.15, 0.2) is 60.7 Å². The van der Waals surface area contributed by atoms with Crippen LogP contribution in [0.3, 0.4) is 0 Å². The second kappa shape index (κ2) is 7.37. The lowest BCUT2D eigenvalue weighted by Crippen LogP contribution is -2.31. The summed E-state index contributed by atoms with van der Waals surface area (Å²) in [4.78, 5) is 14.1. The van der Waals surface area contributed by atoms with Crippen LogP contribution in [0.4, 0.5) is 0 Å². The van der Waals surface area contributed by atoms with Crippen molar-refractivity contribution in [2.24, 2.45) is 11.1 Å². The Morgan fingerprint density at radius 1 is 1.00 bits per heavy atom. The van der Waals surface area contributed by atoms with Crippen molar-refractivity contribution in [1.82, 2.24) is 4.90 Å². The van der Waals surface area contributed by atoms with Gasteiger partial charge in [0.15, 0.2) is 0 Å². The second-order valence-electron chi connectivity index (χ2n) is 6.57. The number of nitrogens with two attached hydrogens (primary N) is 1. The Morgan fingerprint density at radius 2 is 1.52 bits per heavy atom. The summed E-state index contributed by atoms with van der Waals surface area (Å²) in [5.74, 6) is -0.323. The molecular formula is C19H22N2O3S. The van der Waals surface area contributed by atoms with Gasteiger partial charge < -0.3 is 4.90 Å². The predicted octanol–water partition coefficient (Wildman–Crippen LogP) is 1.96. The molecule has 2 aromatic carbocycles. The van der Waals surface area contributed by atoms with Crippen molar-refractivity contribution in [3.8, 4) is 0 Å². The SMILES string of the molecule is NS(=O)(=O)CC1CC(=O)N(CC(c2ccccc2)c2ccccc2)C1. The van der Waals surface area contributed by atoms with Crippen molar-refractivity contribution < 1.29 is 13.2 Å².